The SMILES string of the molecule is C=C(C)C(=O)OCCC[Si](CCCC)(CCCC)Cc1ccccc1. The zero-order chi connectivity index (χ0) is 18.5. The number of unbranched alkanes of at least 4 members (excludes halogenated alkanes) is 2. The minimum absolute atomic E-state index is 0.252. The largest absolute Gasteiger partial charge is 0.462 e. The van der Waals surface area contributed by atoms with Gasteiger partial charge in [0, 0.05) is 5.57 Å². The summed E-state index contributed by atoms with van der Waals surface area (Å²) in [6, 6.07) is 16.3. The van der Waals surface area contributed by atoms with Gasteiger partial charge < -0.3 is 4.74 Å². The Kier molecular flexibility index (Phi) is 10.5. The Morgan fingerprint density at radius 2 is 1.56 bits per heavy atom. The summed E-state index contributed by atoms with van der Waals surface area (Å²) in [5.41, 5.74) is 1.98. The van der Waals surface area contributed by atoms with Gasteiger partial charge >= 0.3 is 5.97 Å². The van der Waals surface area contributed by atoms with Crippen molar-refractivity contribution in [1.29, 1.82) is 0 Å². The fourth-order valence-electron chi connectivity index (χ4n) is 3.51. The van der Waals surface area contributed by atoms with E-state index in [0.29, 0.717) is 12.2 Å². The van der Waals surface area contributed by atoms with Crippen molar-refractivity contribution in [3.8, 4) is 0 Å². The second-order valence-corrected chi connectivity index (χ2v) is 12.2. The quantitative estimate of drug-likeness (QED) is 0.178. The van der Waals surface area contributed by atoms with Crippen LogP contribution in [0.15, 0.2) is 42.5 Å². The van der Waals surface area contributed by atoms with Gasteiger partial charge in [0.05, 0.1) is 14.7 Å². The Labute approximate surface area is 155 Å². The standard InChI is InChI=1S/C22H36O2Si/c1-5-7-16-25(17-8-6-2,19-21-13-10-9-11-14-21)18-12-15-24-22(23)20(3)4/h9-11,13-14H,3,5-8,12,15-19H2,1-2,4H3. The van der Waals surface area contributed by atoms with Gasteiger partial charge in [-0.3, -0.25) is 0 Å². The van der Waals surface area contributed by atoms with E-state index in [1.807, 2.05) is 0 Å². The van der Waals surface area contributed by atoms with E-state index in [1.165, 1.54) is 55.4 Å². The van der Waals surface area contributed by atoms with E-state index >= 15 is 0 Å². The molecule has 0 fully saturated rings. The van der Waals surface area contributed by atoms with Gasteiger partial charge in [0.25, 0.3) is 0 Å². The second-order valence-electron chi connectivity index (χ2n) is 7.39. The summed E-state index contributed by atoms with van der Waals surface area (Å²) in [5, 5.41) is 0. The van der Waals surface area contributed by atoms with E-state index in [0.717, 1.165) is 6.42 Å². The van der Waals surface area contributed by atoms with Crippen molar-refractivity contribution in [2.75, 3.05) is 6.61 Å². The first-order valence-electron chi connectivity index (χ1n) is 9.89. The molecule has 0 amide bonds. The van der Waals surface area contributed by atoms with Crippen LogP contribution in [0, 0.1) is 0 Å². The molecule has 0 saturated carbocycles. The highest BCUT2D eigenvalue weighted by molar-refractivity contribution is 6.79. The lowest BCUT2D eigenvalue weighted by molar-refractivity contribution is -0.138. The highest BCUT2D eigenvalue weighted by atomic mass is 28.3. The first kappa shape index (κ1) is 21.7. The van der Waals surface area contributed by atoms with E-state index in [1.54, 1.807) is 6.92 Å². The third-order valence-electron chi connectivity index (χ3n) is 4.98. The predicted octanol–water partition coefficient (Wildman–Crippen LogP) is 6.33. The molecule has 0 unspecified atom stereocenters. The van der Waals surface area contributed by atoms with Crippen LogP contribution in [0.1, 0.15) is 58.4 Å². The van der Waals surface area contributed by atoms with Crippen LogP contribution in [0.3, 0.4) is 0 Å². The van der Waals surface area contributed by atoms with Crippen molar-refractivity contribution < 1.29 is 9.53 Å². The molecule has 0 radical (unpaired) electrons. The van der Waals surface area contributed by atoms with Gasteiger partial charge in [-0.15, -0.1) is 0 Å². The van der Waals surface area contributed by atoms with Crippen molar-refractivity contribution in [2.45, 2.75) is 77.1 Å². The normalized spacial score (nSPS) is 11.3. The van der Waals surface area contributed by atoms with Crippen molar-refractivity contribution in [3.05, 3.63) is 48.0 Å². The molecule has 3 heteroatoms. The van der Waals surface area contributed by atoms with Crippen LogP contribution in [0.2, 0.25) is 18.1 Å². The van der Waals surface area contributed by atoms with Gasteiger partial charge in [-0.2, -0.15) is 0 Å². The Morgan fingerprint density at radius 3 is 2.08 bits per heavy atom. The molecule has 25 heavy (non-hydrogen) atoms. The highest BCUT2D eigenvalue weighted by Crippen LogP contribution is 2.31. The number of rotatable bonds is 13. The number of esters is 1. The molecular weight excluding hydrogens is 324 g/mol. The lowest BCUT2D eigenvalue weighted by Crippen LogP contribution is -2.37. The molecule has 0 spiro atoms. The molecule has 0 heterocycles. The van der Waals surface area contributed by atoms with Crippen molar-refractivity contribution in [2.24, 2.45) is 0 Å². The molecule has 140 valence electrons. The summed E-state index contributed by atoms with van der Waals surface area (Å²) >= 11 is 0. The molecule has 1 rings (SSSR count). The second kappa shape index (κ2) is 12.1. The summed E-state index contributed by atoms with van der Waals surface area (Å²) in [6.45, 7) is 10.5. The summed E-state index contributed by atoms with van der Waals surface area (Å²) in [7, 11) is -1.39. The number of hydrogen-bond acceptors (Lipinski definition) is 2. The first-order chi connectivity index (χ1) is 12.0. The van der Waals surface area contributed by atoms with E-state index in [-0.39, 0.29) is 5.97 Å². The van der Waals surface area contributed by atoms with Gasteiger partial charge in [-0.25, -0.2) is 4.79 Å². The molecule has 0 saturated heterocycles. The Bertz CT molecular complexity index is 502. The number of hydrogen-bond donors (Lipinski definition) is 0. The average molecular weight is 361 g/mol. The van der Waals surface area contributed by atoms with E-state index in [4.69, 9.17) is 4.74 Å². The smallest absolute Gasteiger partial charge is 0.333 e. The maximum Gasteiger partial charge on any atom is 0.333 e. The lowest BCUT2D eigenvalue weighted by atomic mass is 10.2. The third-order valence-corrected chi connectivity index (χ3v) is 10.4. The van der Waals surface area contributed by atoms with Crippen LogP contribution in [0.5, 0.6) is 0 Å². The Hall–Kier alpha value is -1.35. The van der Waals surface area contributed by atoms with E-state index < -0.39 is 8.07 Å². The molecule has 0 aliphatic carbocycles. The van der Waals surface area contributed by atoms with Crippen LogP contribution < -0.4 is 0 Å². The zero-order valence-corrected chi connectivity index (χ0v) is 17.5. The zero-order valence-electron chi connectivity index (χ0n) is 16.5. The summed E-state index contributed by atoms with van der Waals surface area (Å²) in [5.74, 6) is -0.252. The van der Waals surface area contributed by atoms with Crippen molar-refractivity contribution >= 4 is 14.0 Å². The number of benzene rings is 1. The minimum atomic E-state index is -1.39. The average Bonchev–Trinajstić information content (AvgIpc) is 2.62. The topological polar surface area (TPSA) is 26.3 Å². The molecule has 0 atom stereocenters. The molecule has 0 aromatic heterocycles. The molecule has 1 aromatic carbocycles. The minimum Gasteiger partial charge on any atom is -0.462 e. The summed E-state index contributed by atoms with van der Waals surface area (Å²) in [6.07, 6.45) is 6.18. The molecule has 2 nitrogen and oxygen atoms in total. The first-order valence-corrected chi connectivity index (χ1v) is 12.7. The monoisotopic (exact) mass is 360 g/mol. The van der Waals surface area contributed by atoms with Gasteiger partial charge in [0.1, 0.15) is 0 Å². The molecule has 0 N–H and O–H groups in total. The van der Waals surface area contributed by atoms with Crippen LogP contribution in [0.4, 0.5) is 0 Å². The van der Waals surface area contributed by atoms with Gasteiger partial charge in [-0.1, -0.05) is 100 Å². The number of carbonyl (C=O) groups is 1. The molecular formula is C22H36O2Si. The highest BCUT2D eigenvalue weighted by Gasteiger charge is 2.31. The van der Waals surface area contributed by atoms with Gasteiger partial charge in [-0.05, 0) is 19.4 Å². The lowest BCUT2D eigenvalue weighted by Gasteiger charge is -2.32. The van der Waals surface area contributed by atoms with Crippen LogP contribution in [-0.4, -0.2) is 20.7 Å². The number of ether oxygens (including phenoxy) is 1. The van der Waals surface area contributed by atoms with Crippen LogP contribution in [-0.2, 0) is 15.6 Å². The molecule has 0 aliphatic heterocycles. The summed E-state index contributed by atoms with van der Waals surface area (Å²) < 4.78 is 5.34. The maximum absolute atomic E-state index is 11.6. The van der Waals surface area contributed by atoms with E-state index in [2.05, 4.69) is 50.8 Å². The number of carbonyl (C=O) groups excluding carboxylic acids is 1. The van der Waals surface area contributed by atoms with Gasteiger partial charge in [0.15, 0.2) is 0 Å². The fourth-order valence-corrected chi connectivity index (χ4v) is 8.99. The van der Waals surface area contributed by atoms with Gasteiger partial charge in [0.2, 0.25) is 0 Å². The van der Waals surface area contributed by atoms with Crippen molar-refractivity contribution in [1.82, 2.24) is 0 Å². The van der Waals surface area contributed by atoms with Crippen LogP contribution >= 0.6 is 0 Å². The van der Waals surface area contributed by atoms with Crippen LogP contribution in [0.25, 0.3) is 0 Å². The molecule has 0 bridgehead atoms. The third kappa shape index (κ3) is 8.53. The molecule has 0 aliphatic rings. The Balaban J connectivity index is 2.75. The van der Waals surface area contributed by atoms with Crippen molar-refractivity contribution in [3.63, 3.8) is 0 Å². The Morgan fingerprint density at radius 1 is 1.00 bits per heavy atom. The molecule has 1 aromatic rings. The summed E-state index contributed by atoms with van der Waals surface area (Å²) in [4.78, 5) is 11.6. The maximum atomic E-state index is 11.6. The fraction of sp³-hybridized carbons (Fsp3) is 0.591. The predicted molar refractivity (Wildman–Crippen MR) is 111 cm³/mol. The van der Waals surface area contributed by atoms with E-state index in [9.17, 15) is 4.79 Å².